The van der Waals surface area contributed by atoms with Gasteiger partial charge in [0.05, 0.1) is 12.2 Å². The third kappa shape index (κ3) is 3.05. The van der Waals surface area contributed by atoms with E-state index in [1.54, 1.807) is 6.20 Å². The van der Waals surface area contributed by atoms with Crippen LogP contribution < -0.4 is 5.32 Å². The van der Waals surface area contributed by atoms with E-state index in [0.717, 1.165) is 12.1 Å². The van der Waals surface area contributed by atoms with Gasteiger partial charge in [-0.1, -0.05) is 24.6 Å². The average Bonchev–Trinajstić information content (AvgIpc) is 2.40. The molecule has 94 valence electrons. The predicted molar refractivity (Wildman–Crippen MR) is 70.8 cm³/mol. The van der Waals surface area contributed by atoms with Gasteiger partial charge in [-0.2, -0.15) is 4.98 Å². The molecule has 5 nitrogen and oxygen atoms in total. The molecule has 0 bridgehead atoms. The monoisotopic (exact) mass is 283 g/mol. The summed E-state index contributed by atoms with van der Waals surface area (Å²) in [6.07, 6.45) is 2.67. The van der Waals surface area contributed by atoms with E-state index in [4.69, 9.17) is 23.2 Å². The summed E-state index contributed by atoms with van der Waals surface area (Å²) >= 11 is 11.5. The first-order valence-corrected chi connectivity index (χ1v) is 6.18. The molecule has 7 heteroatoms. The molecule has 18 heavy (non-hydrogen) atoms. The van der Waals surface area contributed by atoms with Crippen LogP contribution in [0.1, 0.15) is 18.2 Å². The van der Waals surface area contributed by atoms with E-state index in [2.05, 4.69) is 32.4 Å². The summed E-state index contributed by atoms with van der Waals surface area (Å²) in [7, 11) is 0. The largest absolute Gasteiger partial charge is 0.362 e. The van der Waals surface area contributed by atoms with Crippen LogP contribution in [0.5, 0.6) is 0 Å². The minimum Gasteiger partial charge on any atom is -0.362 e. The molecule has 0 aliphatic rings. The Kier molecular flexibility index (Phi) is 4.28. The molecule has 0 aliphatic heterocycles. The lowest BCUT2D eigenvalue weighted by molar-refractivity contribution is 0.932. The number of nitrogens with one attached hydrogen (secondary N) is 1. The molecule has 2 rings (SSSR count). The van der Waals surface area contributed by atoms with Crippen LogP contribution in [-0.2, 0) is 13.0 Å². The van der Waals surface area contributed by atoms with E-state index in [1.165, 1.54) is 5.56 Å². The van der Waals surface area contributed by atoms with Crippen molar-refractivity contribution in [3.8, 4) is 0 Å². The summed E-state index contributed by atoms with van der Waals surface area (Å²) in [4.78, 5) is 8.28. The molecule has 0 unspecified atom stereocenters. The van der Waals surface area contributed by atoms with Crippen molar-refractivity contribution < 1.29 is 0 Å². The quantitative estimate of drug-likeness (QED) is 0.935. The van der Waals surface area contributed by atoms with Crippen LogP contribution in [0.3, 0.4) is 0 Å². The molecule has 2 aromatic rings. The Balaban J connectivity index is 2.14. The Morgan fingerprint density at radius 1 is 1.28 bits per heavy atom. The third-order valence-corrected chi connectivity index (χ3v) is 2.82. The van der Waals surface area contributed by atoms with Gasteiger partial charge in [0, 0.05) is 6.20 Å². The molecule has 2 aromatic heterocycles. The van der Waals surface area contributed by atoms with Crippen LogP contribution in [0, 0.1) is 0 Å². The highest BCUT2D eigenvalue weighted by molar-refractivity contribution is 6.32. The Bertz CT molecular complexity index is 547. The zero-order valence-electron chi connectivity index (χ0n) is 9.69. The van der Waals surface area contributed by atoms with Crippen molar-refractivity contribution in [1.82, 2.24) is 20.2 Å². The Morgan fingerprint density at radius 3 is 2.89 bits per heavy atom. The molecule has 0 spiro atoms. The van der Waals surface area contributed by atoms with E-state index >= 15 is 0 Å². The van der Waals surface area contributed by atoms with E-state index in [9.17, 15) is 0 Å². The van der Waals surface area contributed by atoms with E-state index < -0.39 is 0 Å². The number of aryl methyl sites for hydroxylation is 1. The fourth-order valence-corrected chi connectivity index (χ4v) is 1.79. The summed E-state index contributed by atoms with van der Waals surface area (Å²) in [6.45, 7) is 2.59. The molecular weight excluding hydrogens is 273 g/mol. The van der Waals surface area contributed by atoms with Gasteiger partial charge in [0.2, 0.25) is 5.28 Å². The predicted octanol–water partition coefficient (Wildman–Crippen LogP) is 2.75. The number of hydrogen-bond donors (Lipinski definition) is 1. The Hall–Kier alpha value is -1.46. The summed E-state index contributed by atoms with van der Waals surface area (Å²) in [6, 6.07) is 3.95. The van der Waals surface area contributed by atoms with Crippen LogP contribution in [0.4, 0.5) is 5.82 Å². The fraction of sp³-hybridized carbons (Fsp3) is 0.273. The molecule has 0 atom stereocenters. The number of anilines is 1. The van der Waals surface area contributed by atoms with Gasteiger partial charge in [0.1, 0.15) is 0 Å². The fourth-order valence-electron chi connectivity index (χ4n) is 1.53. The van der Waals surface area contributed by atoms with Gasteiger partial charge < -0.3 is 5.32 Å². The number of hydrogen-bond acceptors (Lipinski definition) is 5. The first-order valence-electron chi connectivity index (χ1n) is 5.43. The lowest BCUT2D eigenvalue weighted by atomic mass is 10.1. The van der Waals surface area contributed by atoms with E-state index in [0.29, 0.717) is 12.4 Å². The highest BCUT2D eigenvalue weighted by Crippen LogP contribution is 2.17. The molecule has 0 saturated carbocycles. The van der Waals surface area contributed by atoms with Gasteiger partial charge in [0.15, 0.2) is 11.0 Å². The van der Waals surface area contributed by atoms with Crippen LogP contribution in [0.2, 0.25) is 10.4 Å². The van der Waals surface area contributed by atoms with Gasteiger partial charge in [0.25, 0.3) is 0 Å². The van der Waals surface area contributed by atoms with Crippen LogP contribution in [0.15, 0.2) is 18.3 Å². The first kappa shape index (κ1) is 13.0. The van der Waals surface area contributed by atoms with Crippen molar-refractivity contribution >= 4 is 29.0 Å². The van der Waals surface area contributed by atoms with Gasteiger partial charge >= 0.3 is 0 Å². The molecule has 0 radical (unpaired) electrons. The Morgan fingerprint density at radius 2 is 2.11 bits per heavy atom. The zero-order chi connectivity index (χ0) is 13.0. The van der Waals surface area contributed by atoms with Gasteiger partial charge in [-0.15, -0.1) is 10.2 Å². The second kappa shape index (κ2) is 5.93. The second-order valence-electron chi connectivity index (χ2n) is 3.54. The lowest BCUT2D eigenvalue weighted by Gasteiger charge is -2.09. The van der Waals surface area contributed by atoms with Crippen molar-refractivity contribution in [2.45, 2.75) is 19.9 Å². The molecular formula is C11H11Cl2N5. The summed E-state index contributed by atoms with van der Waals surface area (Å²) in [5, 5.41) is 10.5. The Labute approximate surface area is 115 Å². The van der Waals surface area contributed by atoms with Crippen molar-refractivity contribution in [2.24, 2.45) is 0 Å². The van der Waals surface area contributed by atoms with Crippen molar-refractivity contribution in [3.05, 3.63) is 40.0 Å². The molecule has 0 aliphatic carbocycles. The SMILES string of the molecule is CCc1cccnc1CNc1nc(Cl)nnc1Cl. The van der Waals surface area contributed by atoms with Gasteiger partial charge in [-0.05, 0) is 29.7 Å². The minimum absolute atomic E-state index is 0.0543. The number of nitrogens with zero attached hydrogens (tertiary/aromatic N) is 4. The first-order chi connectivity index (χ1) is 8.70. The maximum atomic E-state index is 5.86. The maximum Gasteiger partial charge on any atom is 0.245 e. The van der Waals surface area contributed by atoms with Crippen molar-refractivity contribution in [2.75, 3.05) is 5.32 Å². The number of halogens is 2. The van der Waals surface area contributed by atoms with E-state index in [1.807, 2.05) is 12.1 Å². The average molecular weight is 284 g/mol. The molecule has 0 aromatic carbocycles. The van der Waals surface area contributed by atoms with Crippen molar-refractivity contribution in [1.29, 1.82) is 0 Å². The number of aromatic nitrogens is 4. The minimum atomic E-state index is 0.0543. The number of pyridine rings is 1. The summed E-state index contributed by atoms with van der Waals surface area (Å²) < 4.78 is 0. The van der Waals surface area contributed by atoms with Crippen LogP contribution >= 0.6 is 23.2 Å². The smallest absolute Gasteiger partial charge is 0.245 e. The summed E-state index contributed by atoms with van der Waals surface area (Å²) in [5.74, 6) is 0.407. The molecule has 0 saturated heterocycles. The van der Waals surface area contributed by atoms with Crippen LogP contribution in [0.25, 0.3) is 0 Å². The lowest BCUT2D eigenvalue weighted by Crippen LogP contribution is -2.07. The molecule has 2 heterocycles. The third-order valence-electron chi connectivity index (χ3n) is 2.41. The van der Waals surface area contributed by atoms with Gasteiger partial charge in [-0.25, -0.2) is 0 Å². The molecule has 0 fully saturated rings. The molecule has 1 N–H and O–H groups in total. The standard InChI is InChI=1S/C11H11Cl2N5/c1-2-7-4-3-5-14-8(7)6-15-10-9(12)17-18-11(13)16-10/h3-5H,2,6H2,1H3,(H,15,16,18). The maximum absolute atomic E-state index is 5.86. The van der Waals surface area contributed by atoms with Gasteiger partial charge in [-0.3, -0.25) is 4.98 Å². The molecule has 0 amide bonds. The van der Waals surface area contributed by atoms with E-state index in [-0.39, 0.29) is 10.4 Å². The highest BCUT2D eigenvalue weighted by Gasteiger charge is 2.07. The van der Waals surface area contributed by atoms with Crippen LogP contribution in [-0.4, -0.2) is 20.2 Å². The zero-order valence-corrected chi connectivity index (χ0v) is 11.2. The highest BCUT2D eigenvalue weighted by atomic mass is 35.5. The van der Waals surface area contributed by atoms with Crippen molar-refractivity contribution in [3.63, 3.8) is 0 Å². The number of rotatable bonds is 4. The normalized spacial score (nSPS) is 10.4. The topological polar surface area (TPSA) is 63.6 Å². The second-order valence-corrected chi connectivity index (χ2v) is 4.23. The summed E-state index contributed by atoms with van der Waals surface area (Å²) in [5.41, 5.74) is 2.13.